The van der Waals surface area contributed by atoms with Crippen LogP contribution in [0.2, 0.25) is 0 Å². The molecule has 0 aliphatic heterocycles. The van der Waals surface area contributed by atoms with Crippen molar-refractivity contribution in [3.63, 3.8) is 0 Å². The Labute approximate surface area is 345 Å². The van der Waals surface area contributed by atoms with Gasteiger partial charge in [-0.1, -0.05) is 152 Å². The lowest BCUT2D eigenvalue weighted by Gasteiger charge is -2.34. The van der Waals surface area contributed by atoms with Crippen LogP contribution >= 0.6 is 22.7 Å². The molecule has 0 radical (unpaired) electrons. The lowest BCUT2D eigenvalue weighted by molar-refractivity contribution is 0.768. The van der Waals surface area contributed by atoms with Gasteiger partial charge in [0.2, 0.25) is 0 Å². The summed E-state index contributed by atoms with van der Waals surface area (Å²) >= 11 is 3.73. The Morgan fingerprint density at radius 3 is 1.55 bits per heavy atom. The van der Waals surface area contributed by atoms with Crippen LogP contribution in [0.15, 0.2) is 212 Å². The molecule has 1 aliphatic rings. The van der Waals surface area contributed by atoms with E-state index in [0.717, 1.165) is 17.1 Å². The summed E-state index contributed by atoms with van der Waals surface area (Å²) in [5, 5.41) is 5.22. The molecule has 58 heavy (non-hydrogen) atoms. The molecule has 0 fully saturated rings. The molecule has 0 saturated heterocycles. The van der Waals surface area contributed by atoms with Crippen LogP contribution < -0.4 is 4.90 Å². The van der Waals surface area contributed by atoms with E-state index in [2.05, 4.69) is 217 Å². The van der Waals surface area contributed by atoms with Gasteiger partial charge >= 0.3 is 0 Å². The molecular formula is C55H35NS2. The summed E-state index contributed by atoms with van der Waals surface area (Å²) < 4.78 is 5.26. The standard InChI is InChI=1S/C55H35NS2/c1-3-14-38(15-4-1)55(39-16-5-2-6-17-39)47-21-10-7-20-44(47)54-48(55)22-13-23-49(54)56(41-31-33-53-46(35-41)43-19-9-12-25-51(43)58-53)40-29-26-36(27-30-40)37-28-32-52-45(34-37)42-18-8-11-24-50(42)57-52/h1-35H. The molecule has 0 N–H and O–H groups in total. The fourth-order valence-electron chi connectivity index (χ4n) is 9.65. The van der Waals surface area contributed by atoms with Gasteiger partial charge in [0.15, 0.2) is 0 Å². The number of hydrogen-bond acceptors (Lipinski definition) is 3. The molecule has 11 aromatic rings. The first kappa shape index (κ1) is 33.4. The zero-order valence-corrected chi connectivity index (χ0v) is 33.1. The maximum atomic E-state index is 2.49. The first-order chi connectivity index (χ1) is 28.8. The van der Waals surface area contributed by atoms with E-state index < -0.39 is 5.41 Å². The predicted octanol–water partition coefficient (Wildman–Crippen LogP) is 15.9. The normalized spacial score (nSPS) is 13.0. The van der Waals surface area contributed by atoms with Gasteiger partial charge < -0.3 is 4.90 Å². The number of hydrogen-bond donors (Lipinski definition) is 0. The Bertz CT molecular complexity index is 3300. The van der Waals surface area contributed by atoms with Crippen LogP contribution in [0.4, 0.5) is 17.1 Å². The Kier molecular flexibility index (Phi) is 7.56. The highest BCUT2D eigenvalue weighted by molar-refractivity contribution is 7.26. The van der Waals surface area contributed by atoms with Gasteiger partial charge in [0.05, 0.1) is 11.1 Å². The summed E-state index contributed by atoms with van der Waals surface area (Å²) in [5.74, 6) is 0. The fraction of sp³-hybridized carbons (Fsp3) is 0.0182. The van der Waals surface area contributed by atoms with Crippen LogP contribution in [0, 0.1) is 0 Å². The van der Waals surface area contributed by atoms with Gasteiger partial charge in [0, 0.05) is 57.3 Å². The second kappa shape index (κ2) is 13.1. The lowest BCUT2D eigenvalue weighted by atomic mass is 9.68. The van der Waals surface area contributed by atoms with Crippen LogP contribution in [0.5, 0.6) is 0 Å². The first-order valence-electron chi connectivity index (χ1n) is 19.8. The molecule has 0 saturated carbocycles. The number of rotatable bonds is 6. The molecule has 9 aromatic carbocycles. The third-order valence-electron chi connectivity index (χ3n) is 12.2. The van der Waals surface area contributed by atoms with Crippen molar-refractivity contribution in [2.24, 2.45) is 0 Å². The average Bonchev–Trinajstić information content (AvgIpc) is 3.96. The largest absolute Gasteiger partial charge is 0.310 e. The first-order valence-corrected chi connectivity index (χ1v) is 21.5. The molecule has 3 heteroatoms. The maximum absolute atomic E-state index is 2.49. The molecule has 0 atom stereocenters. The molecule has 2 aromatic heterocycles. The fourth-order valence-corrected chi connectivity index (χ4v) is 11.8. The molecule has 1 nitrogen and oxygen atoms in total. The third kappa shape index (κ3) is 4.94. The highest BCUT2D eigenvalue weighted by Gasteiger charge is 2.47. The molecular weight excluding hydrogens is 739 g/mol. The molecule has 12 rings (SSSR count). The number of thiophene rings is 2. The highest BCUT2D eigenvalue weighted by Crippen LogP contribution is 2.59. The van der Waals surface area contributed by atoms with E-state index >= 15 is 0 Å². The van der Waals surface area contributed by atoms with Gasteiger partial charge in [-0.3, -0.25) is 0 Å². The number of nitrogens with zero attached hydrogens (tertiary/aromatic N) is 1. The Morgan fingerprint density at radius 2 is 0.862 bits per heavy atom. The highest BCUT2D eigenvalue weighted by atomic mass is 32.1. The Hall–Kier alpha value is -6.78. The van der Waals surface area contributed by atoms with Crippen LogP contribution in [0.1, 0.15) is 22.3 Å². The van der Waals surface area contributed by atoms with E-state index in [1.165, 1.54) is 84.9 Å². The van der Waals surface area contributed by atoms with Gasteiger partial charge in [0.1, 0.15) is 0 Å². The van der Waals surface area contributed by atoms with Crippen LogP contribution in [-0.2, 0) is 5.41 Å². The summed E-state index contributed by atoms with van der Waals surface area (Å²) in [6, 6.07) is 78.9. The van der Waals surface area contributed by atoms with Crippen molar-refractivity contribution in [1.82, 2.24) is 0 Å². The number of benzene rings is 9. The molecule has 2 heterocycles. The maximum Gasteiger partial charge on any atom is 0.0714 e. The second-order valence-electron chi connectivity index (χ2n) is 15.2. The average molecular weight is 774 g/mol. The van der Waals surface area contributed by atoms with E-state index in [1.54, 1.807) is 0 Å². The lowest BCUT2D eigenvalue weighted by Crippen LogP contribution is -2.28. The van der Waals surface area contributed by atoms with E-state index in [4.69, 9.17) is 0 Å². The molecule has 0 amide bonds. The van der Waals surface area contributed by atoms with Crippen molar-refractivity contribution in [2.75, 3.05) is 4.90 Å². The Balaban J connectivity index is 1.09. The number of anilines is 3. The zero-order chi connectivity index (χ0) is 38.2. The van der Waals surface area contributed by atoms with Crippen LogP contribution in [0.3, 0.4) is 0 Å². The molecule has 272 valence electrons. The minimum Gasteiger partial charge on any atom is -0.310 e. The van der Waals surface area contributed by atoms with E-state index in [1.807, 2.05) is 22.7 Å². The van der Waals surface area contributed by atoms with Crippen molar-refractivity contribution < 1.29 is 0 Å². The number of fused-ring (bicyclic) bond motifs is 9. The zero-order valence-electron chi connectivity index (χ0n) is 31.5. The van der Waals surface area contributed by atoms with Gasteiger partial charge in [-0.05, 0) is 99.6 Å². The van der Waals surface area contributed by atoms with E-state index in [9.17, 15) is 0 Å². The second-order valence-corrected chi connectivity index (χ2v) is 17.4. The third-order valence-corrected chi connectivity index (χ3v) is 14.5. The van der Waals surface area contributed by atoms with Crippen molar-refractivity contribution in [3.05, 3.63) is 235 Å². The SMILES string of the molecule is c1ccc(C2(c3ccccc3)c3ccccc3-c3c(N(c4ccc(-c5ccc6sc7ccccc7c6c5)cc4)c4ccc5sc6ccccc6c5c4)cccc32)cc1. The summed E-state index contributed by atoms with van der Waals surface area (Å²) in [4.78, 5) is 2.49. The summed E-state index contributed by atoms with van der Waals surface area (Å²) in [6.45, 7) is 0. The summed E-state index contributed by atoms with van der Waals surface area (Å²) in [7, 11) is 0. The van der Waals surface area contributed by atoms with Gasteiger partial charge in [-0.25, -0.2) is 0 Å². The van der Waals surface area contributed by atoms with Crippen molar-refractivity contribution in [2.45, 2.75) is 5.41 Å². The summed E-state index contributed by atoms with van der Waals surface area (Å²) in [5.41, 5.74) is 13.0. The molecule has 1 aliphatic carbocycles. The quantitative estimate of drug-likeness (QED) is 0.163. The van der Waals surface area contributed by atoms with E-state index in [0.29, 0.717) is 0 Å². The van der Waals surface area contributed by atoms with Crippen LogP contribution in [0.25, 0.3) is 62.6 Å². The topological polar surface area (TPSA) is 3.24 Å². The smallest absolute Gasteiger partial charge is 0.0714 e. The van der Waals surface area contributed by atoms with Gasteiger partial charge in [-0.15, -0.1) is 22.7 Å². The monoisotopic (exact) mass is 773 g/mol. The van der Waals surface area contributed by atoms with Gasteiger partial charge in [-0.2, -0.15) is 0 Å². The van der Waals surface area contributed by atoms with Crippen LogP contribution in [-0.4, -0.2) is 0 Å². The molecule has 0 bridgehead atoms. The molecule has 0 unspecified atom stereocenters. The predicted molar refractivity (Wildman–Crippen MR) is 250 cm³/mol. The minimum atomic E-state index is -0.488. The minimum absolute atomic E-state index is 0.488. The van der Waals surface area contributed by atoms with Crippen molar-refractivity contribution in [3.8, 4) is 22.3 Å². The summed E-state index contributed by atoms with van der Waals surface area (Å²) in [6.07, 6.45) is 0. The van der Waals surface area contributed by atoms with Crippen molar-refractivity contribution >= 4 is 80.1 Å². The van der Waals surface area contributed by atoms with E-state index in [-0.39, 0.29) is 0 Å². The molecule has 0 spiro atoms. The van der Waals surface area contributed by atoms with Crippen molar-refractivity contribution in [1.29, 1.82) is 0 Å². The van der Waals surface area contributed by atoms with Gasteiger partial charge in [0.25, 0.3) is 0 Å². The Morgan fingerprint density at radius 1 is 0.345 bits per heavy atom.